The second kappa shape index (κ2) is 14.4. The van der Waals surface area contributed by atoms with Crippen molar-refractivity contribution in [2.45, 2.75) is 81.2 Å². The van der Waals surface area contributed by atoms with E-state index in [0.717, 1.165) is 11.3 Å². The largest absolute Gasteiger partial charge is 0.482 e. The Morgan fingerprint density at radius 3 is 2.75 bits per heavy atom. The summed E-state index contributed by atoms with van der Waals surface area (Å²) in [5.74, 6) is 0.996. The number of allylic oxidation sites excluding steroid dienone is 1. The lowest BCUT2D eigenvalue weighted by Crippen LogP contribution is -2.64. The number of anilines is 1. The van der Waals surface area contributed by atoms with Crippen LogP contribution in [0, 0.1) is 12.8 Å². The molecule has 0 saturated carbocycles. The molecule has 1 aromatic carbocycles. The van der Waals surface area contributed by atoms with Crippen LogP contribution in [0.5, 0.6) is 5.75 Å². The van der Waals surface area contributed by atoms with Crippen LogP contribution in [-0.2, 0) is 21.0 Å². The smallest absolute Gasteiger partial charge is 0.220 e. The topological polar surface area (TPSA) is 219 Å². The van der Waals surface area contributed by atoms with Crippen molar-refractivity contribution < 1.29 is 49.3 Å². The Labute approximate surface area is 315 Å². The summed E-state index contributed by atoms with van der Waals surface area (Å²) in [4.78, 5) is 49.6. The lowest BCUT2D eigenvalue weighted by molar-refractivity contribution is -0.365. The Balaban J connectivity index is 1.09. The number of hydrogen-bond acceptors (Lipinski definition) is 15. The third-order valence-corrected chi connectivity index (χ3v) is 11.5. The van der Waals surface area contributed by atoms with Gasteiger partial charge in [-0.2, -0.15) is 0 Å². The average Bonchev–Trinajstić information content (AvgIpc) is 4.00. The Bertz CT molecular complexity index is 2130. The first-order chi connectivity index (χ1) is 26.4. The Morgan fingerprint density at radius 2 is 1.98 bits per heavy atom. The van der Waals surface area contributed by atoms with Gasteiger partial charge in [0.25, 0.3) is 0 Å². The molecule has 1 fully saturated rings. The van der Waals surface area contributed by atoms with Gasteiger partial charge in [0, 0.05) is 61.4 Å². The van der Waals surface area contributed by atoms with Crippen molar-refractivity contribution in [3.63, 3.8) is 0 Å². The molecule has 0 spiro atoms. The highest BCUT2D eigenvalue weighted by Crippen LogP contribution is 2.48. The van der Waals surface area contributed by atoms with Gasteiger partial charge in [-0.3, -0.25) is 19.6 Å². The molecule has 8 atom stereocenters. The predicted molar refractivity (Wildman–Crippen MR) is 199 cm³/mol. The van der Waals surface area contributed by atoms with Gasteiger partial charge in [0.15, 0.2) is 16.8 Å². The first-order valence-corrected chi connectivity index (χ1v) is 18.5. The number of rotatable bonds is 14. The zero-order valence-corrected chi connectivity index (χ0v) is 30.5. The van der Waals surface area contributed by atoms with Gasteiger partial charge in [-0.25, -0.2) is 9.78 Å². The molecule has 6 N–H and O–H groups in total. The van der Waals surface area contributed by atoms with Crippen molar-refractivity contribution in [1.29, 1.82) is 0 Å². The standard InChI is InChI=1S/C39H45N5O11/c1-21-11-29(46)25-13-24-14-32(55-52-19-31(48)39(51,37(50)30(47)18-45)20-43-10-6-26-28(43)5-9-40-26)38(2,7-3-22-12-33(49)42-15-22)54-35(24)34(36(25)53-21)44-16-23-4-8-41-27(23)17-44/h4-6,8-11,13,16,22,28,30-32,37,45,47-48,50-51H,3,7,12,14-15,17-20H2,1-2H3,(H,42,49)/t22-,28?,30+,31-,32+,37+,38+,39+/m0/s1. The molecule has 1 aromatic heterocycles. The molecule has 16 nitrogen and oxygen atoms in total. The van der Waals surface area contributed by atoms with Crippen molar-refractivity contribution in [2.24, 2.45) is 15.9 Å². The van der Waals surface area contributed by atoms with E-state index in [9.17, 15) is 35.1 Å². The fourth-order valence-corrected chi connectivity index (χ4v) is 8.20. The molecule has 55 heavy (non-hydrogen) atoms. The number of benzene rings is 1. The van der Waals surface area contributed by atoms with Crippen molar-refractivity contribution >= 4 is 34.0 Å². The molecular formula is C39H45N5O11. The molecular weight excluding hydrogens is 714 g/mol. The molecule has 292 valence electrons. The number of aliphatic hydroxyl groups is 5. The van der Waals surface area contributed by atoms with Gasteiger partial charge in [0.2, 0.25) is 5.91 Å². The van der Waals surface area contributed by atoms with Crippen molar-refractivity contribution in [3.05, 3.63) is 82.3 Å². The van der Waals surface area contributed by atoms with E-state index in [4.69, 9.17) is 18.9 Å². The SMILES string of the molecule is Cc1cc(=O)c2cc3c(c(N4C=C5C=CN=C5C4)c2o1)O[C@](C)(CC[C@@H]1CNC(=O)C1)[C@H](OOC[C@H](O)[C@](O)(CN1C=CC2=NC=CC21)[C@H](O)[C@H](O)CO)C3. The summed E-state index contributed by atoms with van der Waals surface area (Å²) < 4.78 is 13.2. The summed E-state index contributed by atoms with van der Waals surface area (Å²) in [6, 6.07) is 2.83. The minimum absolute atomic E-state index is 0.0169. The van der Waals surface area contributed by atoms with Crippen LogP contribution in [0.4, 0.5) is 5.69 Å². The van der Waals surface area contributed by atoms with Crippen LogP contribution >= 0.6 is 0 Å². The Hall–Kier alpha value is -4.68. The third-order valence-electron chi connectivity index (χ3n) is 11.5. The number of aliphatic hydroxyl groups excluding tert-OH is 4. The maximum atomic E-state index is 13.4. The first kappa shape index (κ1) is 37.3. The number of aryl methyl sites for hydroxylation is 1. The summed E-state index contributed by atoms with van der Waals surface area (Å²) in [6.07, 6.45) is 7.63. The van der Waals surface area contributed by atoms with Gasteiger partial charge in [-0.1, -0.05) is 0 Å². The number of nitrogens with zero attached hydrogens (tertiary/aromatic N) is 4. The third kappa shape index (κ3) is 6.81. The van der Waals surface area contributed by atoms with Gasteiger partial charge < -0.3 is 49.8 Å². The van der Waals surface area contributed by atoms with E-state index in [2.05, 4.69) is 15.3 Å². The van der Waals surface area contributed by atoms with Gasteiger partial charge >= 0.3 is 0 Å². The summed E-state index contributed by atoms with van der Waals surface area (Å²) in [5.41, 5.74) is 0.422. The number of nitrogens with one attached hydrogen (secondary N) is 1. The Kier molecular flexibility index (Phi) is 9.78. The van der Waals surface area contributed by atoms with E-state index in [0.29, 0.717) is 71.8 Å². The number of ether oxygens (including phenoxy) is 1. The van der Waals surface area contributed by atoms with Crippen molar-refractivity contribution in [2.75, 3.05) is 37.7 Å². The summed E-state index contributed by atoms with van der Waals surface area (Å²) in [7, 11) is 0. The van der Waals surface area contributed by atoms with Crippen LogP contribution in [0.15, 0.2) is 79.9 Å². The number of carbonyl (C=O) groups is 1. The highest BCUT2D eigenvalue weighted by atomic mass is 17.2. The maximum absolute atomic E-state index is 13.4. The first-order valence-electron chi connectivity index (χ1n) is 18.5. The van der Waals surface area contributed by atoms with Gasteiger partial charge in [0.05, 0.1) is 42.5 Å². The van der Waals surface area contributed by atoms with E-state index in [1.807, 2.05) is 24.1 Å². The molecule has 0 aliphatic carbocycles. The zero-order chi connectivity index (χ0) is 38.6. The molecule has 1 amide bonds. The molecule has 7 heterocycles. The number of hydrogen-bond donors (Lipinski definition) is 6. The quantitative estimate of drug-likeness (QED) is 0.115. The van der Waals surface area contributed by atoms with Gasteiger partial charge in [-0.05, 0) is 56.9 Å². The minimum Gasteiger partial charge on any atom is -0.482 e. The zero-order valence-electron chi connectivity index (χ0n) is 30.5. The highest BCUT2D eigenvalue weighted by Gasteiger charge is 2.50. The van der Waals surface area contributed by atoms with Crippen LogP contribution in [0.3, 0.4) is 0 Å². The lowest BCUT2D eigenvalue weighted by atomic mass is 9.83. The molecule has 2 aromatic rings. The second-order valence-corrected chi connectivity index (χ2v) is 15.3. The molecule has 0 bridgehead atoms. The lowest BCUT2D eigenvalue weighted by Gasteiger charge is -2.44. The Morgan fingerprint density at radius 1 is 1.15 bits per heavy atom. The average molecular weight is 760 g/mol. The summed E-state index contributed by atoms with van der Waals surface area (Å²) >= 11 is 0. The summed E-state index contributed by atoms with van der Waals surface area (Å²) in [6.45, 7) is 2.70. The molecule has 6 aliphatic heterocycles. The van der Waals surface area contributed by atoms with Crippen LogP contribution < -0.4 is 20.4 Å². The number of carbonyl (C=O) groups excluding carboxylic acids is 1. The number of fused-ring (bicyclic) bond motifs is 4. The predicted octanol–water partition coefficient (Wildman–Crippen LogP) is 0.673. The van der Waals surface area contributed by atoms with E-state index >= 15 is 0 Å². The molecule has 8 rings (SSSR count). The van der Waals surface area contributed by atoms with Crippen molar-refractivity contribution in [3.8, 4) is 5.75 Å². The van der Waals surface area contributed by atoms with Gasteiger partial charge in [0.1, 0.15) is 53.7 Å². The molecule has 16 heteroatoms. The minimum atomic E-state index is -2.40. The molecule has 1 saturated heterocycles. The fraction of sp³-hybridized carbons (Fsp3) is 0.487. The van der Waals surface area contributed by atoms with Crippen LogP contribution in [-0.4, -0.2) is 122 Å². The second-order valence-electron chi connectivity index (χ2n) is 15.3. The monoisotopic (exact) mass is 759 g/mol. The highest BCUT2D eigenvalue weighted by molar-refractivity contribution is 6.12. The molecule has 6 aliphatic rings. The van der Waals surface area contributed by atoms with E-state index in [1.54, 1.807) is 48.6 Å². The number of β-amino-alcohol motifs (C(OH)–C–C–N with tert-alkyl or cyclic N) is 1. The number of aliphatic imine (C=N–C) groups is 2. The van der Waals surface area contributed by atoms with Gasteiger partial charge in [-0.15, -0.1) is 0 Å². The normalized spacial score (nSPS) is 27.7. The number of amides is 1. The summed E-state index contributed by atoms with van der Waals surface area (Å²) in [5, 5.41) is 57.5. The van der Waals surface area contributed by atoms with Crippen LogP contribution in [0.2, 0.25) is 0 Å². The maximum Gasteiger partial charge on any atom is 0.220 e. The van der Waals surface area contributed by atoms with E-state index in [1.165, 1.54) is 6.07 Å². The fourth-order valence-electron chi connectivity index (χ4n) is 8.20. The van der Waals surface area contributed by atoms with Crippen LogP contribution in [0.25, 0.3) is 11.0 Å². The van der Waals surface area contributed by atoms with Crippen molar-refractivity contribution in [1.82, 2.24) is 10.2 Å². The molecule has 0 radical (unpaired) electrons. The van der Waals surface area contributed by atoms with E-state index in [-0.39, 0.29) is 36.3 Å². The molecule has 1 unspecified atom stereocenters. The van der Waals surface area contributed by atoms with E-state index < -0.39 is 48.8 Å². The van der Waals surface area contributed by atoms with Crippen LogP contribution in [0.1, 0.15) is 37.5 Å².